The lowest BCUT2D eigenvalue weighted by Crippen LogP contribution is -2.32. The number of nitrogens with zero attached hydrogens (tertiary/aromatic N) is 1. The van der Waals surface area contributed by atoms with Crippen molar-refractivity contribution in [3.05, 3.63) is 14.7 Å². The third kappa shape index (κ3) is 4.30. The molecule has 0 saturated heterocycles. The Labute approximate surface area is 133 Å². The van der Waals surface area contributed by atoms with Crippen molar-refractivity contribution in [1.82, 2.24) is 9.62 Å². The van der Waals surface area contributed by atoms with Crippen molar-refractivity contribution in [2.24, 2.45) is 0 Å². The molecule has 1 rings (SSSR count). The summed E-state index contributed by atoms with van der Waals surface area (Å²) >= 11 is 4.78. The number of hydrogen-bond acceptors (Lipinski definition) is 4. The molecular formula is C13H19BrN2O2S2. The second kappa shape index (κ2) is 8.15. The summed E-state index contributed by atoms with van der Waals surface area (Å²) in [5, 5.41) is 3.18. The topological polar surface area (TPSA) is 49.4 Å². The Morgan fingerprint density at radius 3 is 2.75 bits per heavy atom. The fourth-order valence-electron chi connectivity index (χ4n) is 1.68. The summed E-state index contributed by atoms with van der Waals surface area (Å²) in [5.74, 6) is 2.41. The highest BCUT2D eigenvalue weighted by Crippen LogP contribution is 2.33. The number of thiophene rings is 1. The molecule has 0 aliphatic carbocycles. The first-order valence-electron chi connectivity index (χ1n) is 6.39. The van der Waals surface area contributed by atoms with Gasteiger partial charge in [0.2, 0.25) is 10.0 Å². The minimum absolute atomic E-state index is 0.0982. The lowest BCUT2D eigenvalue weighted by molar-refractivity contribution is 0.445. The number of nitrogens with one attached hydrogen (secondary N) is 1. The van der Waals surface area contributed by atoms with Gasteiger partial charge in [0.1, 0.15) is 4.90 Å². The average Bonchev–Trinajstić information content (AvgIpc) is 2.78. The standard InChI is InChI=1S/C13H19BrN2O2S2/c1-4-7-16(8-5-2)20(17,18)12-9-11(10-15-6-3)19-13(12)14/h1,9,15H,5-8,10H2,2-3H3. The molecule has 0 bridgehead atoms. The smallest absolute Gasteiger partial charge is 0.245 e. The van der Waals surface area contributed by atoms with Crippen LogP contribution >= 0.6 is 27.3 Å². The highest BCUT2D eigenvalue weighted by molar-refractivity contribution is 9.11. The summed E-state index contributed by atoms with van der Waals surface area (Å²) in [6, 6.07) is 1.71. The van der Waals surface area contributed by atoms with E-state index in [1.807, 2.05) is 13.8 Å². The van der Waals surface area contributed by atoms with Gasteiger partial charge in [-0.1, -0.05) is 19.8 Å². The van der Waals surface area contributed by atoms with E-state index < -0.39 is 10.0 Å². The molecule has 1 heterocycles. The number of hydrogen-bond donors (Lipinski definition) is 1. The maximum Gasteiger partial charge on any atom is 0.245 e. The second-order valence-electron chi connectivity index (χ2n) is 4.17. The predicted octanol–water partition coefficient (Wildman–Crippen LogP) is 2.65. The Balaban J connectivity index is 3.07. The zero-order valence-electron chi connectivity index (χ0n) is 11.6. The third-order valence-electron chi connectivity index (χ3n) is 2.61. The van der Waals surface area contributed by atoms with Crippen LogP contribution < -0.4 is 5.32 Å². The summed E-state index contributed by atoms with van der Waals surface area (Å²) in [5.41, 5.74) is 0. The molecule has 0 amide bonds. The van der Waals surface area contributed by atoms with E-state index in [9.17, 15) is 8.42 Å². The van der Waals surface area contributed by atoms with Crippen molar-refractivity contribution in [1.29, 1.82) is 0 Å². The lowest BCUT2D eigenvalue weighted by Gasteiger charge is -2.18. The van der Waals surface area contributed by atoms with Crippen molar-refractivity contribution in [2.75, 3.05) is 19.6 Å². The molecule has 0 saturated carbocycles. The first-order valence-corrected chi connectivity index (χ1v) is 9.44. The van der Waals surface area contributed by atoms with Crippen molar-refractivity contribution in [3.63, 3.8) is 0 Å². The van der Waals surface area contributed by atoms with Crippen molar-refractivity contribution < 1.29 is 8.42 Å². The van der Waals surface area contributed by atoms with Gasteiger partial charge < -0.3 is 5.32 Å². The molecule has 0 radical (unpaired) electrons. The Bertz CT molecular complexity index is 576. The molecule has 112 valence electrons. The molecule has 0 spiro atoms. The van der Waals surface area contributed by atoms with Crippen LogP contribution in [-0.4, -0.2) is 32.4 Å². The maximum absolute atomic E-state index is 12.6. The minimum atomic E-state index is -3.53. The maximum atomic E-state index is 12.6. The van der Waals surface area contributed by atoms with Crippen molar-refractivity contribution >= 4 is 37.3 Å². The van der Waals surface area contributed by atoms with Gasteiger partial charge in [0, 0.05) is 18.0 Å². The summed E-state index contributed by atoms with van der Waals surface area (Å²) in [6.45, 7) is 5.97. The van der Waals surface area contributed by atoms with Gasteiger partial charge in [-0.3, -0.25) is 0 Å². The molecular weight excluding hydrogens is 360 g/mol. The van der Waals surface area contributed by atoms with Gasteiger partial charge in [0.25, 0.3) is 0 Å². The molecule has 0 unspecified atom stereocenters. The van der Waals surface area contributed by atoms with Gasteiger partial charge in [-0.2, -0.15) is 4.31 Å². The Morgan fingerprint density at radius 1 is 1.50 bits per heavy atom. The monoisotopic (exact) mass is 378 g/mol. The van der Waals surface area contributed by atoms with Crippen molar-refractivity contribution in [3.8, 4) is 12.3 Å². The van der Waals surface area contributed by atoms with E-state index in [-0.39, 0.29) is 6.54 Å². The first kappa shape index (κ1) is 17.7. The van der Waals surface area contributed by atoms with Crippen LogP contribution in [0.4, 0.5) is 0 Å². The van der Waals surface area contributed by atoms with Gasteiger partial charge in [-0.05, 0) is 35.0 Å². The fraction of sp³-hybridized carbons (Fsp3) is 0.538. The molecule has 0 aliphatic rings. The Morgan fingerprint density at radius 2 is 2.20 bits per heavy atom. The second-order valence-corrected chi connectivity index (χ2v) is 8.53. The van der Waals surface area contributed by atoms with Crippen LogP contribution in [0.1, 0.15) is 25.1 Å². The highest BCUT2D eigenvalue weighted by Gasteiger charge is 2.27. The molecule has 0 aliphatic heterocycles. The summed E-state index contributed by atoms with van der Waals surface area (Å²) in [7, 11) is -3.53. The Kier molecular flexibility index (Phi) is 7.20. The summed E-state index contributed by atoms with van der Waals surface area (Å²) in [6.07, 6.45) is 6.00. The minimum Gasteiger partial charge on any atom is -0.312 e. The normalized spacial score (nSPS) is 11.8. The van der Waals surface area contributed by atoms with Gasteiger partial charge in [-0.15, -0.1) is 17.8 Å². The largest absolute Gasteiger partial charge is 0.312 e. The average molecular weight is 379 g/mol. The van der Waals surface area contributed by atoms with Gasteiger partial charge >= 0.3 is 0 Å². The molecule has 20 heavy (non-hydrogen) atoms. The molecule has 0 fully saturated rings. The first-order chi connectivity index (χ1) is 9.47. The van der Waals surface area contributed by atoms with Crippen LogP contribution in [0.3, 0.4) is 0 Å². The number of terminal acetylenes is 1. The highest BCUT2D eigenvalue weighted by atomic mass is 79.9. The zero-order chi connectivity index (χ0) is 15.2. The third-order valence-corrected chi connectivity index (χ3v) is 6.71. The molecule has 0 atom stereocenters. The van der Waals surface area contributed by atoms with E-state index in [0.717, 1.165) is 17.8 Å². The Hall–Kier alpha value is -0.390. The lowest BCUT2D eigenvalue weighted by atomic mass is 10.4. The van der Waals surface area contributed by atoms with E-state index in [0.29, 0.717) is 21.8 Å². The molecule has 7 heteroatoms. The van der Waals surface area contributed by atoms with Crippen LogP contribution in [0.5, 0.6) is 0 Å². The van der Waals surface area contributed by atoms with Crippen LogP contribution in [-0.2, 0) is 16.6 Å². The van der Waals surface area contributed by atoms with Crippen LogP contribution in [0.15, 0.2) is 14.7 Å². The van der Waals surface area contributed by atoms with E-state index in [1.165, 1.54) is 15.6 Å². The van der Waals surface area contributed by atoms with E-state index in [2.05, 4.69) is 27.2 Å². The van der Waals surface area contributed by atoms with Crippen LogP contribution in [0.25, 0.3) is 0 Å². The predicted molar refractivity (Wildman–Crippen MR) is 87.3 cm³/mol. The van der Waals surface area contributed by atoms with Gasteiger partial charge in [-0.25, -0.2) is 8.42 Å². The van der Waals surface area contributed by atoms with Gasteiger partial charge in [0.15, 0.2) is 0 Å². The SMILES string of the molecule is C#CCN(CCC)S(=O)(=O)c1cc(CNCC)sc1Br. The van der Waals surface area contributed by atoms with E-state index >= 15 is 0 Å². The summed E-state index contributed by atoms with van der Waals surface area (Å²) in [4.78, 5) is 1.29. The number of rotatable bonds is 8. The van der Waals surface area contributed by atoms with Crippen LogP contribution in [0, 0.1) is 12.3 Å². The quantitative estimate of drug-likeness (QED) is 0.707. The number of sulfonamides is 1. The number of halogens is 1. The molecule has 1 N–H and O–H groups in total. The zero-order valence-corrected chi connectivity index (χ0v) is 14.9. The van der Waals surface area contributed by atoms with Gasteiger partial charge in [0.05, 0.1) is 10.3 Å². The van der Waals surface area contributed by atoms with Crippen molar-refractivity contribution in [2.45, 2.75) is 31.7 Å². The summed E-state index contributed by atoms with van der Waals surface area (Å²) < 4.78 is 27.2. The van der Waals surface area contributed by atoms with Crippen LogP contribution in [0.2, 0.25) is 0 Å². The molecule has 1 aromatic rings. The van der Waals surface area contributed by atoms with E-state index in [1.54, 1.807) is 6.07 Å². The molecule has 0 aromatic carbocycles. The molecule has 1 aromatic heterocycles. The molecule has 4 nitrogen and oxygen atoms in total. The van der Waals surface area contributed by atoms with E-state index in [4.69, 9.17) is 6.42 Å². The fourth-order valence-corrected chi connectivity index (χ4v) is 5.73.